The second-order valence-electron chi connectivity index (χ2n) is 5.31. The number of hydrogen-bond acceptors (Lipinski definition) is 6. The van der Waals surface area contributed by atoms with E-state index in [2.05, 4.69) is 9.98 Å². The van der Waals surface area contributed by atoms with Crippen LogP contribution in [0.25, 0.3) is 11.3 Å². The first kappa shape index (κ1) is 17.0. The molecule has 0 saturated carbocycles. The molecule has 0 fully saturated rings. The van der Waals surface area contributed by atoms with Gasteiger partial charge in [-0.2, -0.15) is 9.98 Å². The lowest BCUT2D eigenvalue weighted by Gasteiger charge is -2.02. The fraction of sp³-hybridized carbons (Fsp3) is 0.0556. The smallest absolute Gasteiger partial charge is 0.350 e. The highest BCUT2D eigenvalue weighted by Gasteiger charge is 2.19. The zero-order valence-electron chi connectivity index (χ0n) is 13.4. The van der Waals surface area contributed by atoms with Gasteiger partial charge in [-0.05, 0) is 0 Å². The van der Waals surface area contributed by atoms with Gasteiger partial charge in [0.25, 0.3) is 5.69 Å². The SMILES string of the molecule is O=C(O)/C(Cc1ccccc1[N+](=O)[O-])=N\c1nc(-c2ccccc2)co1. The normalized spacial score (nSPS) is 11.3. The lowest BCUT2D eigenvalue weighted by atomic mass is 10.1. The number of aliphatic imine (C=N–C) groups is 1. The first-order valence-electron chi connectivity index (χ1n) is 7.58. The van der Waals surface area contributed by atoms with Crippen LogP contribution in [0.5, 0.6) is 0 Å². The highest BCUT2D eigenvalue weighted by molar-refractivity contribution is 6.36. The molecule has 0 amide bonds. The molecule has 1 N–H and O–H groups in total. The van der Waals surface area contributed by atoms with Gasteiger partial charge in [-0.25, -0.2) is 4.79 Å². The molecule has 0 saturated heterocycles. The largest absolute Gasteiger partial charge is 0.477 e. The molecular weight excluding hydrogens is 338 g/mol. The number of carboxylic acids is 1. The Morgan fingerprint density at radius 2 is 1.85 bits per heavy atom. The summed E-state index contributed by atoms with van der Waals surface area (Å²) in [5.41, 5.74) is 1.08. The van der Waals surface area contributed by atoms with Crippen molar-refractivity contribution in [3.05, 3.63) is 76.5 Å². The van der Waals surface area contributed by atoms with Crippen LogP contribution in [-0.4, -0.2) is 26.7 Å². The van der Waals surface area contributed by atoms with Gasteiger partial charge in [0, 0.05) is 23.6 Å². The summed E-state index contributed by atoms with van der Waals surface area (Å²) in [4.78, 5) is 30.1. The van der Waals surface area contributed by atoms with Gasteiger partial charge in [0.1, 0.15) is 17.7 Å². The molecule has 3 rings (SSSR count). The summed E-state index contributed by atoms with van der Waals surface area (Å²) in [7, 11) is 0. The number of nitro groups is 1. The maximum absolute atomic E-state index is 11.5. The van der Waals surface area contributed by atoms with Crippen molar-refractivity contribution in [3.8, 4) is 11.3 Å². The highest BCUT2D eigenvalue weighted by atomic mass is 16.6. The number of benzene rings is 2. The molecule has 0 atom stereocenters. The first-order valence-corrected chi connectivity index (χ1v) is 7.58. The monoisotopic (exact) mass is 351 g/mol. The molecule has 0 spiro atoms. The van der Waals surface area contributed by atoms with Gasteiger partial charge in [0.15, 0.2) is 0 Å². The summed E-state index contributed by atoms with van der Waals surface area (Å²) in [6.45, 7) is 0. The average Bonchev–Trinajstić information content (AvgIpc) is 3.11. The lowest BCUT2D eigenvalue weighted by molar-refractivity contribution is -0.385. The van der Waals surface area contributed by atoms with Gasteiger partial charge in [-0.1, -0.05) is 48.5 Å². The molecule has 0 aliphatic heterocycles. The van der Waals surface area contributed by atoms with Crippen molar-refractivity contribution in [2.75, 3.05) is 0 Å². The van der Waals surface area contributed by atoms with Crippen molar-refractivity contribution in [2.45, 2.75) is 6.42 Å². The maximum atomic E-state index is 11.5. The van der Waals surface area contributed by atoms with Gasteiger partial charge in [0.05, 0.1) is 4.92 Å². The zero-order chi connectivity index (χ0) is 18.5. The minimum Gasteiger partial charge on any atom is -0.477 e. The molecule has 0 unspecified atom stereocenters. The Morgan fingerprint density at radius 1 is 1.15 bits per heavy atom. The molecule has 0 radical (unpaired) electrons. The van der Waals surface area contributed by atoms with E-state index in [0.29, 0.717) is 5.69 Å². The minimum absolute atomic E-state index is 0.125. The van der Waals surface area contributed by atoms with Crippen LogP contribution in [-0.2, 0) is 11.2 Å². The maximum Gasteiger partial charge on any atom is 0.350 e. The third kappa shape index (κ3) is 3.81. The van der Waals surface area contributed by atoms with Crippen molar-refractivity contribution in [1.82, 2.24) is 4.98 Å². The summed E-state index contributed by atoms with van der Waals surface area (Å²) in [6, 6.07) is 15.0. The molecule has 8 nitrogen and oxygen atoms in total. The summed E-state index contributed by atoms with van der Waals surface area (Å²) < 4.78 is 5.22. The minimum atomic E-state index is -1.30. The van der Waals surface area contributed by atoms with E-state index in [0.717, 1.165) is 5.56 Å². The summed E-state index contributed by atoms with van der Waals surface area (Å²) in [5, 5.41) is 20.5. The predicted octanol–water partition coefficient (Wildman–Crippen LogP) is 3.65. The van der Waals surface area contributed by atoms with E-state index < -0.39 is 10.9 Å². The van der Waals surface area contributed by atoms with Crippen molar-refractivity contribution in [1.29, 1.82) is 0 Å². The fourth-order valence-electron chi connectivity index (χ4n) is 2.35. The average molecular weight is 351 g/mol. The van der Waals surface area contributed by atoms with Crippen LogP contribution in [0.3, 0.4) is 0 Å². The Hall–Kier alpha value is -3.81. The molecule has 0 aliphatic carbocycles. The van der Waals surface area contributed by atoms with Crippen molar-refractivity contribution in [2.24, 2.45) is 4.99 Å². The Bertz CT molecular complexity index is 979. The van der Waals surface area contributed by atoms with Gasteiger partial charge < -0.3 is 9.52 Å². The standard InChI is InChI=1S/C18H13N3O5/c22-17(23)14(10-13-8-4-5-9-16(13)21(24)25)19-18-20-15(11-26-18)12-6-2-1-3-7-12/h1-9,11H,10H2,(H,22,23)/b19-14-. The van der Waals surface area contributed by atoms with Crippen molar-refractivity contribution < 1.29 is 19.2 Å². The Balaban J connectivity index is 1.91. The Kier molecular flexibility index (Phi) is 4.84. The number of nitro benzene ring substituents is 1. The topological polar surface area (TPSA) is 119 Å². The van der Waals surface area contributed by atoms with Crippen LogP contribution in [0.1, 0.15) is 5.56 Å². The lowest BCUT2D eigenvalue weighted by Crippen LogP contribution is -2.16. The Morgan fingerprint density at radius 3 is 2.54 bits per heavy atom. The van der Waals surface area contributed by atoms with Gasteiger partial charge in [-0.3, -0.25) is 10.1 Å². The number of para-hydroxylation sites is 1. The molecule has 0 aliphatic rings. The Labute approximate surface area is 147 Å². The van der Waals surface area contributed by atoms with E-state index in [1.807, 2.05) is 30.3 Å². The van der Waals surface area contributed by atoms with Crippen LogP contribution < -0.4 is 0 Å². The molecule has 3 aromatic rings. The van der Waals surface area contributed by atoms with E-state index in [-0.39, 0.29) is 29.4 Å². The molecule has 8 heteroatoms. The van der Waals surface area contributed by atoms with E-state index in [4.69, 9.17) is 4.42 Å². The number of hydrogen-bond donors (Lipinski definition) is 1. The summed E-state index contributed by atoms with van der Waals surface area (Å²) >= 11 is 0. The second-order valence-corrected chi connectivity index (χ2v) is 5.31. The number of carbonyl (C=O) groups is 1. The summed E-state index contributed by atoms with van der Waals surface area (Å²) in [6.07, 6.45) is 1.15. The number of nitrogens with zero attached hydrogens (tertiary/aromatic N) is 3. The third-order valence-corrected chi connectivity index (χ3v) is 3.59. The van der Waals surface area contributed by atoms with E-state index >= 15 is 0 Å². The van der Waals surface area contributed by atoms with Crippen LogP contribution >= 0.6 is 0 Å². The van der Waals surface area contributed by atoms with E-state index in [1.165, 1.54) is 24.5 Å². The summed E-state index contributed by atoms with van der Waals surface area (Å²) in [5.74, 6) is -1.30. The number of oxazole rings is 1. The number of aliphatic carboxylic acids is 1. The molecule has 1 heterocycles. The van der Waals surface area contributed by atoms with Crippen LogP contribution in [0.2, 0.25) is 0 Å². The van der Waals surface area contributed by atoms with Crippen LogP contribution in [0.15, 0.2) is 70.3 Å². The second kappa shape index (κ2) is 7.39. The molecular formula is C18H13N3O5. The fourth-order valence-corrected chi connectivity index (χ4v) is 2.35. The van der Waals surface area contributed by atoms with Crippen LogP contribution in [0, 0.1) is 10.1 Å². The number of aromatic nitrogens is 1. The van der Waals surface area contributed by atoms with E-state index in [9.17, 15) is 20.0 Å². The number of rotatable bonds is 6. The molecule has 130 valence electrons. The van der Waals surface area contributed by atoms with E-state index in [1.54, 1.807) is 6.07 Å². The van der Waals surface area contributed by atoms with Gasteiger partial charge in [-0.15, -0.1) is 0 Å². The molecule has 26 heavy (non-hydrogen) atoms. The molecule has 1 aromatic heterocycles. The van der Waals surface area contributed by atoms with Crippen molar-refractivity contribution >= 4 is 23.4 Å². The van der Waals surface area contributed by atoms with Crippen LogP contribution in [0.4, 0.5) is 11.7 Å². The van der Waals surface area contributed by atoms with Crippen molar-refractivity contribution in [3.63, 3.8) is 0 Å². The first-order chi connectivity index (χ1) is 12.5. The molecule has 2 aromatic carbocycles. The zero-order valence-corrected chi connectivity index (χ0v) is 13.4. The van der Waals surface area contributed by atoms with Gasteiger partial charge >= 0.3 is 12.0 Å². The highest BCUT2D eigenvalue weighted by Crippen LogP contribution is 2.23. The van der Waals surface area contributed by atoms with Gasteiger partial charge in [0.2, 0.25) is 0 Å². The third-order valence-electron chi connectivity index (χ3n) is 3.59. The number of carboxylic acid groups (broad SMARTS) is 1. The molecule has 0 bridgehead atoms. The predicted molar refractivity (Wildman–Crippen MR) is 93.5 cm³/mol. The quantitative estimate of drug-likeness (QED) is 0.411.